The van der Waals surface area contributed by atoms with Crippen molar-refractivity contribution in [1.82, 2.24) is 0 Å². The third-order valence-electron chi connectivity index (χ3n) is 1.60. The van der Waals surface area contributed by atoms with E-state index >= 15 is 0 Å². The summed E-state index contributed by atoms with van der Waals surface area (Å²) >= 11 is 8.52. The molecule has 0 aliphatic carbocycles. The Morgan fingerprint density at radius 1 is 1.40 bits per heavy atom. The molecule has 0 fully saturated rings. The molecule has 0 aromatic heterocycles. The molecular formula is C10H8N2OS2. The van der Waals surface area contributed by atoms with Crippen molar-refractivity contribution in [2.45, 2.75) is 0 Å². The lowest BCUT2D eigenvalue weighted by molar-refractivity contribution is -0.112. The number of thiocarbonyl (C=S) groups is 1. The van der Waals surface area contributed by atoms with Crippen molar-refractivity contribution in [3.8, 4) is 0 Å². The van der Waals surface area contributed by atoms with Crippen LogP contribution in [-0.2, 0) is 4.79 Å². The fourth-order valence-electron chi connectivity index (χ4n) is 0.922. The van der Waals surface area contributed by atoms with Crippen LogP contribution in [0.3, 0.4) is 0 Å². The number of rotatable bonds is 3. The molecule has 15 heavy (non-hydrogen) atoms. The van der Waals surface area contributed by atoms with Crippen LogP contribution < -0.4 is 5.32 Å². The fraction of sp³-hybridized carbons (Fsp3) is 0. The average molecular weight is 236 g/mol. The number of carbonyl (C=O) groups is 1. The van der Waals surface area contributed by atoms with Gasteiger partial charge in [-0.05, 0) is 18.0 Å². The molecule has 0 heterocycles. The zero-order chi connectivity index (χ0) is 11.3. The van der Waals surface area contributed by atoms with Gasteiger partial charge in [0.1, 0.15) is 5.57 Å². The van der Waals surface area contributed by atoms with Gasteiger partial charge in [0.15, 0.2) is 0 Å². The third kappa shape index (κ3) is 3.32. The first-order chi connectivity index (χ1) is 7.15. The van der Waals surface area contributed by atoms with Crippen molar-refractivity contribution in [3.05, 3.63) is 35.9 Å². The van der Waals surface area contributed by atoms with Crippen molar-refractivity contribution in [1.29, 1.82) is 5.41 Å². The number of para-hydroxylation sites is 1. The highest BCUT2D eigenvalue weighted by Crippen LogP contribution is 2.08. The van der Waals surface area contributed by atoms with Crippen LogP contribution in [0.2, 0.25) is 0 Å². The van der Waals surface area contributed by atoms with E-state index in [9.17, 15) is 4.79 Å². The summed E-state index contributed by atoms with van der Waals surface area (Å²) in [5.74, 6) is 1.48. The minimum atomic E-state index is -0.476. The Balaban J connectivity index is 2.81. The maximum absolute atomic E-state index is 11.5. The molecule has 0 bridgehead atoms. The van der Waals surface area contributed by atoms with Crippen molar-refractivity contribution >= 4 is 46.5 Å². The zero-order valence-corrected chi connectivity index (χ0v) is 9.36. The maximum Gasteiger partial charge on any atom is 0.267 e. The zero-order valence-electron chi connectivity index (χ0n) is 7.65. The van der Waals surface area contributed by atoms with E-state index in [-0.39, 0.29) is 9.77 Å². The first-order valence-corrected chi connectivity index (χ1v) is 4.90. The van der Waals surface area contributed by atoms with Gasteiger partial charge >= 0.3 is 0 Å². The molecule has 5 heteroatoms. The number of carbonyl (C=O) groups excluding carboxylic acids is 1. The third-order valence-corrected chi connectivity index (χ3v) is 2.03. The number of hydrogen-bond acceptors (Lipinski definition) is 3. The summed E-state index contributed by atoms with van der Waals surface area (Å²) in [5.41, 5.74) is 0.594. The van der Waals surface area contributed by atoms with Crippen molar-refractivity contribution < 1.29 is 4.79 Å². The molecule has 0 saturated heterocycles. The molecule has 0 radical (unpaired) electrons. The molecule has 1 aromatic carbocycles. The SMILES string of the molecule is N=C=C(C(=O)Nc1ccccc1)C(=S)S. The van der Waals surface area contributed by atoms with Gasteiger partial charge in [-0.15, -0.1) is 12.6 Å². The summed E-state index contributed by atoms with van der Waals surface area (Å²) in [6.07, 6.45) is 0. The topological polar surface area (TPSA) is 53.0 Å². The highest BCUT2D eigenvalue weighted by Gasteiger charge is 2.11. The Hall–Kier alpha value is -1.42. The van der Waals surface area contributed by atoms with Gasteiger partial charge in [-0.1, -0.05) is 30.4 Å². The number of benzene rings is 1. The maximum atomic E-state index is 11.5. The van der Waals surface area contributed by atoms with Crippen LogP contribution in [0.15, 0.2) is 35.9 Å². The quantitative estimate of drug-likeness (QED) is 0.326. The summed E-state index contributed by atoms with van der Waals surface area (Å²) < 4.78 is 0.0541. The molecule has 0 atom stereocenters. The molecule has 3 nitrogen and oxygen atoms in total. The molecule has 76 valence electrons. The monoisotopic (exact) mass is 236 g/mol. The summed E-state index contributed by atoms with van der Waals surface area (Å²) in [6.45, 7) is 0. The van der Waals surface area contributed by atoms with E-state index in [0.29, 0.717) is 5.69 Å². The summed E-state index contributed by atoms with van der Waals surface area (Å²) in [6, 6.07) is 8.90. The second-order valence-corrected chi connectivity index (χ2v) is 3.78. The number of thiol groups is 1. The first kappa shape index (κ1) is 11.7. The van der Waals surface area contributed by atoms with Gasteiger partial charge in [0, 0.05) is 5.69 Å². The van der Waals surface area contributed by atoms with Crippen LogP contribution in [0, 0.1) is 5.41 Å². The van der Waals surface area contributed by atoms with Gasteiger partial charge in [0.05, 0.1) is 4.20 Å². The summed E-state index contributed by atoms with van der Waals surface area (Å²) in [4.78, 5) is 11.5. The molecule has 2 N–H and O–H groups in total. The predicted molar refractivity (Wildman–Crippen MR) is 67.9 cm³/mol. The van der Waals surface area contributed by atoms with Gasteiger partial charge in [-0.2, -0.15) is 0 Å². The van der Waals surface area contributed by atoms with E-state index in [1.807, 2.05) is 11.9 Å². The van der Waals surface area contributed by atoms with E-state index < -0.39 is 5.91 Å². The van der Waals surface area contributed by atoms with Gasteiger partial charge < -0.3 is 5.32 Å². The normalized spacial score (nSPS) is 8.87. The minimum absolute atomic E-state index is 0.0443. The number of nitrogens with one attached hydrogen (secondary N) is 2. The molecule has 1 rings (SSSR count). The largest absolute Gasteiger partial charge is 0.321 e. The molecule has 1 aromatic rings. The second-order valence-electron chi connectivity index (χ2n) is 2.63. The van der Waals surface area contributed by atoms with Crippen LogP contribution in [0.1, 0.15) is 0 Å². The molecule has 0 spiro atoms. The van der Waals surface area contributed by atoms with Crippen molar-refractivity contribution in [2.24, 2.45) is 0 Å². The van der Waals surface area contributed by atoms with Gasteiger partial charge in [-0.3, -0.25) is 10.2 Å². The number of amides is 1. The standard InChI is InChI=1S/C10H8N2OS2/c11-6-8(10(14)15)9(13)12-7-4-2-1-3-5-7/h1-5,11H,(H,12,13)(H,14,15). The average Bonchev–Trinajstić information content (AvgIpc) is 2.19. The highest BCUT2D eigenvalue weighted by atomic mass is 32.1. The molecule has 1 amide bonds. The lowest BCUT2D eigenvalue weighted by Crippen LogP contribution is -2.17. The van der Waals surface area contributed by atoms with Crippen molar-refractivity contribution in [2.75, 3.05) is 5.32 Å². The lowest BCUT2D eigenvalue weighted by Gasteiger charge is -2.04. The molecular weight excluding hydrogens is 228 g/mol. The number of anilines is 1. The van der Waals surface area contributed by atoms with Crippen LogP contribution in [0.4, 0.5) is 5.69 Å². The first-order valence-electron chi connectivity index (χ1n) is 4.04. The summed E-state index contributed by atoms with van der Waals surface area (Å²) in [7, 11) is 0. The van der Waals surface area contributed by atoms with Gasteiger partial charge in [-0.25, -0.2) is 0 Å². The van der Waals surface area contributed by atoms with Crippen LogP contribution in [0.5, 0.6) is 0 Å². The number of hydrogen-bond donors (Lipinski definition) is 3. The van der Waals surface area contributed by atoms with E-state index in [1.165, 1.54) is 0 Å². The van der Waals surface area contributed by atoms with Crippen LogP contribution in [-0.4, -0.2) is 16.0 Å². The molecule has 0 aliphatic rings. The minimum Gasteiger partial charge on any atom is -0.321 e. The summed E-state index contributed by atoms with van der Waals surface area (Å²) in [5, 5.41) is 9.48. The van der Waals surface area contributed by atoms with E-state index in [0.717, 1.165) is 0 Å². The Bertz CT molecular complexity index is 436. The Labute approximate surface area is 98.1 Å². The van der Waals surface area contributed by atoms with E-state index in [2.05, 4.69) is 17.9 Å². The van der Waals surface area contributed by atoms with Crippen molar-refractivity contribution in [3.63, 3.8) is 0 Å². The van der Waals surface area contributed by atoms with E-state index in [1.54, 1.807) is 24.3 Å². The van der Waals surface area contributed by atoms with Crippen LogP contribution >= 0.6 is 24.8 Å². The fourth-order valence-corrected chi connectivity index (χ4v) is 1.22. The van der Waals surface area contributed by atoms with E-state index in [4.69, 9.17) is 17.6 Å². The van der Waals surface area contributed by atoms with Gasteiger partial charge in [0.25, 0.3) is 5.91 Å². The van der Waals surface area contributed by atoms with Gasteiger partial charge in [0.2, 0.25) is 0 Å². The lowest BCUT2D eigenvalue weighted by atomic mass is 10.3. The smallest absolute Gasteiger partial charge is 0.267 e. The highest BCUT2D eigenvalue weighted by molar-refractivity contribution is 8.12. The molecule has 0 unspecified atom stereocenters. The van der Waals surface area contributed by atoms with Crippen LogP contribution in [0.25, 0.3) is 0 Å². The Kier molecular flexibility index (Phi) is 4.24. The predicted octanol–water partition coefficient (Wildman–Crippen LogP) is 2.06. The Morgan fingerprint density at radius 3 is 2.47 bits per heavy atom. The second kappa shape index (κ2) is 5.46. The molecule has 0 saturated carbocycles. The Morgan fingerprint density at radius 2 is 2.00 bits per heavy atom. The molecule has 0 aliphatic heterocycles.